The molecule has 0 saturated carbocycles. The minimum atomic E-state index is -0.246. The Hall–Kier alpha value is -1.56. The van der Waals surface area contributed by atoms with E-state index < -0.39 is 0 Å². The van der Waals surface area contributed by atoms with E-state index in [2.05, 4.69) is 28.7 Å². The van der Waals surface area contributed by atoms with Crippen LogP contribution in [-0.4, -0.2) is 40.2 Å². The predicted octanol–water partition coefficient (Wildman–Crippen LogP) is 4.59. The SMILES string of the molecule is CC1(C)Oc2ccc(Cl)cc2C2OCC3(CCN(Cc4ncc[nH]4)CC3)CC21. The topological polar surface area (TPSA) is 50.4 Å². The maximum Gasteiger partial charge on any atom is 0.126 e. The van der Waals surface area contributed by atoms with Crippen molar-refractivity contribution in [1.29, 1.82) is 0 Å². The van der Waals surface area contributed by atoms with Crippen LogP contribution in [0.2, 0.25) is 5.02 Å². The third kappa shape index (κ3) is 3.23. The molecule has 28 heavy (non-hydrogen) atoms. The van der Waals surface area contributed by atoms with Gasteiger partial charge in [-0.05, 0) is 69.8 Å². The van der Waals surface area contributed by atoms with Crippen molar-refractivity contribution in [2.24, 2.45) is 11.3 Å². The van der Waals surface area contributed by atoms with Crippen molar-refractivity contribution in [2.75, 3.05) is 19.7 Å². The minimum Gasteiger partial charge on any atom is -0.487 e. The number of ether oxygens (including phenoxy) is 2. The van der Waals surface area contributed by atoms with Crippen LogP contribution in [0.4, 0.5) is 0 Å². The first-order valence-electron chi connectivity index (χ1n) is 10.2. The first-order chi connectivity index (χ1) is 13.4. The van der Waals surface area contributed by atoms with E-state index >= 15 is 0 Å². The number of nitrogens with one attached hydrogen (secondary N) is 1. The molecule has 150 valence electrons. The second-order valence-electron chi connectivity index (χ2n) is 9.24. The maximum absolute atomic E-state index is 6.56. The van der Waals surface area contributed by atoms with Gasteiger partial charge >= 0.3 is 0 Å². The Morgan fingerprint density at radius 1 is 1.29 bits per heavy atom. The molecule has 3 aliphatic heterocycles. The van der Waals surface area contributed by atoms with E-state index in [1.54, 1.807) is 0 Å². The van der Waals surface area contributed by atoms with Gasteiger partial charge in [-0.2, -0.15) is 0 Å². The van der Waals surface area contributed by atoms with E-state index in [-0.39, 0.29) is 17.1 Å². The predicted molar refractivity (Wildman–Crippen MR) is 108 cm³/mol. The highest BCUT2D eigenvalue weighted by Crippen LogP contribution is 2.55. The zero-order valence-corrected chi connectivity index (χ0v) is 17.3. The molecule has 1 aromatic carbocycles. The maximum atomic E-state index is 6.56. The molecule has 2 aromatic rings. The molecule has 3 aliphatic rings. The molecule has 2 atom stereocenters. The summed E-state index contributed by atoms with van der Waals surface area (Å²) in [6.45, 7) is 8.31. The highest BCUT2D eigenvalue weighted by atomic mass is 35.5. The molecule has 5 rings (SSSR count). The van der Waals surface area contributed by atoms with Crippen molar-refractivity contribution in [1.82, 2.24) is 14.9 Å². The van der Waals surface area contributed by atoms with E-state index in [9.17, 15) is 0 Å². The van der Waals surface area contributed by atoms with E-state index in [1.165, 1.54) is 0 Å². The summed E-state index contributed by atoms with van der Waals surface area (Å²) in [4.78, 5) is 10.1. The van der Waals surface area contributed by atoms with Crippen LogP contribution >= 0.6 is 11.6 Å². The van der Waals surface area contributed by atoms with Crippen LogP contribution in [0.5, 0.6) is 5.75 Å². The number of piperidine rings is 1. The average Bonchev–Trinajstić information content (AvgIpc) is 3.18. The van der Waals surface area contributed by atoms with Gasteiger partial charge in [-0.25, -0.2) is 4.98 Å². The third-order valence-electron chi connectivity index (χ3n) is 6.98. The molecule has 6 heteroatoms. The standard InChI is InChI=1S/C22H28ClN3O2/c1-21(2)17-12-22(5-9-26(10-6-22)13-19-24-7-8-25-19)14-27-20(17)16-11-15(23)3-4-18(16)28-21/h3-4,7-8,11,17,20H,5-6,9-10,12-14H2,1-2H3,(H,24,25). The van der Waals surface area contributed by atoms with Crippen LogP contribution in [0.1, 0.15) is 50.6 Å². The van der Waals surface area contributed by atoms with Gasteiger partial charge in [-0.3, -0.25) is 4.90 Å². The first kappa shape index (κ1) is 18.5. The number of fused-ring (bicyclic) bond motifs is 3. The molecule has 5 nitrogen and oxygen atoms in total. The van der Waals surface area contributed by atoms with E-state index in [4.69, 9.17) is 21.1 Å². The van der Waals surface area contributed by atoms with Gasteiger partial charge in [0, 0.05) is 28.9 Å². The molecule has 0 aliphatic carbocycles. The van der Waals surface area contributed by atoms with Crippen LogP contribution in [0.15, 0.2) is 30.6 Å². The lowest BCUT2D eigenvalue weighted by Crippen LogP contribution is -2.54. The largest absolute Gasteiger partial charge is 0.487 e. The van der Waals surface area contributed by atoms with Gasteiger partial charge in [-0.1, -0.05) is 11.6 Å². The third-order valence-corrected chi connectivity index (χ3v) is 7.21. The van der Waals surface area contributed by atoms with E-state index in [1.807, 2.05) is 30.6 Å². The fourth-order valence-corrected chi connectivity index (χ4v) is 5.44. The number of halogens is 1. The molecule has 1 spiro atoms. The summed E-state index contributed by atoms with van der Waals surface area (Å²) in [6.07, 6.45) is 7.26. The number of rotatable bonds is 2. The van der Waals surface area contributed by atoms with Crippen LogP contribution in [0, 0.1) is 11.3 Å². The number of H-pyrrole nitrogens is 1. The molecule has 0 radical (unpaired) electrons. The molecular formula is C22H28ClN3O2. The summed E-state index contributed by atoms with van der Waals surface area (Å²) in [5.41, 5.74) is 1.11. The van der Waals surface area contributed by atoms with Crippen LogP contribution in [0.25, 0.3) is 0 Å². The number of hydrogen-bond acceptors (Lipinski definition) is 4. The number of imidazole rings is 1. The Balaban J connectivity index is 1.32. The van der Waals surface area contributed by atoms with Crippen molar-refractivity contribution in [3.8, 4) is 5.75 Å². The summed E-state index contributed by atoms with van der Waals surface area (Å²) in [7, 11) is 0. The molecular weight excluding hydrogens is 374 g/mol. The Morgan fingerprint density at radius 3 is 2.86 bits per heavy atom. The quantitative estimate of drug-likeness (QED) is 0.799. The number of aromatic amines is 1. The second-order valence-corrected chi connectivity index (χ2v) is 9.68. The molecule has 2 unspecified atom stereocenters. The number of likely N-dealkylation sites (tertiary alicyclic amines) is 1. The van der Waals surface area contributed by atoms with Crippen molar-refractivity contribution in [3.63, 3.8) is 0 Å². The summed E-state index contributed by atoms with van der Waals surface area (Å²) in [5.74, 6) is 2.30. The first-order valence-corrected chi connectivity index (χ1v) is 10.6. The van der Waals surface area contributed by atoms with E-state index in [0.717, 1.165) is 67.7 Å². The summed E-state index contributed by atoms with van der Waals surface area (Å²) in [5, 5.41) is 0.746. The molecule has 4 heterocycles. The number of aromatic nitrogens is 2. The zero-order chi connectivity index (χ0) is 19.4. The van der Waals surface area contributed by atoms with Crippen molar-refractivity contribution >= 4 is 11.6 Å². The van der Waals surface area contributed by atoms with Crippen molar-refractivity contribution in [2.45, 2.75) is 51.4 Å². The zero-order valence-electron chi connectivity index (χ0n) is 16.6. The van der Waals surface area contributed by atoms with Crippen molar-refractivity contribution in [3.05, 3.63) is 47.0 Å². The molecule has 2 saturated heterocycles. The summed E-state index contributed by atoms with van der Waals surface area (Å²) < 4.78 is 13.0. The average molecular weight is 402 g/mol. The molecule has 0 amide bonds. The van der Waals surface area contributed by atoms with Gasteiger partial charge in [0.25, 0.3) is 0 Å². The van der Waals surface area contributed by atoms with Gasteiger partial charge in [-0.15, -0.1) is 0 Å². The lowest BCUT2D eigenvalue weighted by molar-refractivity contribution is -0.174. The van der Waals surface area contributed by atoms with Gasteiger partial charge in [0.2, 0.25) is 0 Å². The fourth-order valence-electron chi connectivity index (χ4n) is 5.26. The minimum absolute atomic E-state index is 0.0734. The van der Waals surface area contributed by atoms with Crippen LogP contribution in [0.3, 0.4) is 0 Å². The second kappa shape index (κ2) is 6.75. The normalized spacial score (nSPS) is 28.4. The number of nitrogens with zero attached hydrogens (tertiary/aromatic N) is 2. The highest BCUT2D eigenvalue weighted by molar-refractivity contribution is 6.30. The smallest absolute Gasteiger partial charge is 0.126 e. The monoisotopic (exact) mass is 401 g/mol. The van der Waals surface area contributed by atoms with Gasteiger partial charge in [0.15, 0.2) is 0 Å². The van der Waals surface area contributed by atoms with Crippen molar-refractivity contribution < 1.29 is 9.47 Å². The Labute approximate surface area is 171 Å². The van der Waals surface area contributed by atoms with Crippen LogP contribution < -0.4 is 4.74 Å². The Kier molecular flexibility index (Phi) is 4.45. The number of benzene rings is 1. The summed E-state index contributed by atoms with van der Waals surface area (Å²) in [6, 6.07) is 5.90. The Bertz CT molecular complexity index is 843. The van der Waals surface area contributed by atoms with Gasteiger partial charge < -0.3 is 14.5 Å². The molecule has 2 fully saturated rings. The fraction of sp³-hybridized carbons (Fsp3) is 0.591. The molecule has 1 N–H and O–H groups in total. The summed E-state index contributed by atoms with van der Waals surface area (Å²) >= 11 is 6.27. The molecule has 1 aromatic heterocycles. The van der Waals surface area contributed by atoms with Crippen LogP contribution in [-0.2, 0) is 11.3 Å². The van der Waals surface area contributed by atoms with Gasteiger partial charge in [0.05, 0.1) is 19.3 Å². The lowest BCUT2D eigenvalue weighted by Gasteiger charge is -2.54. The molecule has 0 bridgehead atoms. The lowest BCUT2D eigenvalue weighted by atomic mass is 9.64. The van der Waals surface area contributed by atoms with Gasteiger partial charge in [0.1, 0.15) is 17.2 Å². The number of hydrogen-bond donors (Lipinski definition) is 1. The van der Waals surface area contributed by atoms with E-state index in [0.29, 0.717) is 5.92 Å². The highest BCUT2D eigenvalue weighted by Gasteiger charge is 2.52. The Morgan fingerprint density at radius 2 is 2.11 bits per heavy atom.